The fraction of sp³-hybridized carbons (Fsp3) is 0.120. The lowest BCUT2D eigenvalue weighted by Gasteiger charge is -2.13. The fourth-order valence-electron chi connectivity index (χ4n) is 3.62. The van der Waals surface area contributed by atoms with E-state index in [-0.39, 0.29) is 5.92 Å². The lowest BCUT2D eigenvalue weighted by molar-refractivity contribution is 0.414. The fourth-order valence-corrected chi connectivity index (χ4v) is 4.56. The summed E-state index contributed by atoms with van der Waals surface area (Å²) in [6.45, 7) is 0. The minimum atomic E-state index is 0.0493. The number of ether oxygens (including phenoxy) is 1. The summed E-state index contributed by atoms with van der Waals surface area (Å²) in [5.41, 5.74) is 5.39. The van der Waals surface area contributed by atoms with E-state index in [1.807, 2.05) is 48.5 Å². The first kappa shape index (κ1) is 18.6. The summed E-state index contributed by atoms with van der Waals surface area (Å²) >= 11 is 1.69. The maximum atomic E-state index is 5.31. The number of methoxy groups -OCH3 is 1. The Bertz CT molecular complexity index is 1230. The van der Waals surface area contributed by atoms with Crippen LogP contribution in [0.5, 0.6) is 5.75 Å². The Morgan fingerprint density at radius 3 is 2.43 bits per heavy atom. The van der Waals surface area contributed by atoms with E-state index in [1.54, 1.807) is 18.4 Å². The number of H-pyrrole nitrogens is 1. The van der Waals surface area contributed by atoms with Gasteiger partial charge < -0.3 is 9.72 Å². The van der Waals surface area contributed by atoms with Crippen molar-refractivity contribution in [3.63, 3.8) is 0 Å². The van der Waals surface area contributed by atoms with Crippen molar-refractivity contribution in [2.75, 3.05) is 7.11 Å². The Morgan fingerprint density at radius 1 is 0.900 bits per heavy atom. The number of hydrogen-bond donors (Lipinski definition) is 1. The van der Waals surface area contributed by atoms with Crippen LogP contribution in [0.25, 0.3) is 22.3 Å². The standard InChI is InChI=1S/C25H21N3OS/c1-29-19-13-11-17(12-14-19)15-20(24-26-21-9-5-6-10-22(21)27-24)25-28-23(16-30-25)18-7-3-2-4-8-18/h2-14,16,20H,15H2,1H3,(H,26,27)/t20-/m0/s1. The highest BCUT2D eigenvalue weighted by Gasteiger charge is 2.22. The number of aromatic nitrogens is 3. The highest BCUT2D eigenvalue weighted by molar-refractivity contribution is 7.10. The molecule has 4 nitrogen and oxygen atoms in total. The molecule has 0 radical (unpaired) electrons. The molecule has 5 heteroatoms. The predicted octanol–water partition coefficient (Wildman–Crippen LogP) is 6.07. The van der Waals surface area contributed by atoms with E-state index >= 15 is 0 Å². The molecule has 1 atom stereocenters. The second-order valence-electron chi connectivity index (χ2n) is 7.18. The normalized spacial score (nSPS) is 12.2. The summed E-state index contributed by atoms with van der Waals surface area (Å²) in [5.74, 6) is 1.86. The molecule has 5 aromatic rings. The Labute approximate surface area is 179 Å². The molecule has 0 aliphatic rings. The first-order valence-electron chi connectivity index (χ1n) is 9.88. The van der Waals surface area contributed by atoms with Crippen LogP contribution in [0.4, 0.5) is 0 Å². The second kappa shape index (κ2) is 8.13. The van der Waals surface area contributed by atoms with Gasteiger partial charge in [-0.05, 0) is 36.2 Å². The topological polar surface area (TPSA) is 50.8 Å². The van der Waals surface area contributed by atoms with Gasteiger partial charge in [-0.15, -0.1) is 11.3 Å². The number of rotatable bonds is 6. The first-order chi connectivity index (χ1) is 14.8. The number of aromatic amines is 1. The molecule has 2 aromatic heterocycles. The molecule has 0 saturated carbocycles. The first-order valence-corrected chi connectivity index (χ1v) is 10.8. The van der Waals surface area contributed by atoms with Gasteiger partial charge in [0.25, 0.3) is 0 Å². The Morgan fingerprint density at radius 2 is 1.67 bits per heavy atom. The molecule has 2 heterocycles. The number of benzene rings is 3. The van der Waals surface area contributed by atoms with Gasteiger partial charge in [-0.3, -0.25) is 0 Å². The molecule has 0 spiro atoms. The smallest absolute Gasteiger partial charge is 0.118 e. The van der Waals surface area contributed by atoms with Gasteiger partial charge in [-0.1, -0.05) is 54.6 Å². The third kappa shape index (κ3) is 3.72. The lowest BCUT2D eigenvalue weighted by atomic mass is 9.99. The summed E-state index contributed by atoms with van der Waals surface area (Å²) < 4.78 is 5.31. The summed E-state index contributed by atoms with van der Waals surface area (Å²) in [5, 5.41) is 3.19. The zero-order valence-electron chi connectivity index (χ0n) is 16.6. The van der Waals surface area contributed by atoms with E-state index in [4.69, 9.17) is 14.7 Å². The Balaban J connectivity index is 1.54. The van der Waals surface area contributed by atoms with E-state index in [2.05, 4.69) is 40.7 Å². The van der Waals surface area contributed by atoms with Crippen molar-refractivity contribution in [2.24, 2.45) is 0 Å². The summed E-state index contributed by atoms with van der Waals surface area (Å²) in [6.07, 6.45) is 0.811. The molecule has 0 aliphatic heterocycles. The molecule has 0 amide bonds. The van der Waals surface area contributed by atoms with Crippen LogP contribution < -0.4 is 4.74 Å². The van der Waals surface area contributed by atoms with Crippen molar-refractivity contribution in [3.05, 3.63) is 101 Å². The zero-order chi connectivity index (χ0) is 20.3. The Hall–Kier alpha value is -3.44. The molecule has 0 bridgehead atoms. The van der Waals surface area contributed by atoms with Crippen LogP contribution in [-0.2, 0) is 6.42 Å². The van der Waals surface area contributed by atoms with E-state index in [0.29, 0.717) is 0 Å². The molecule has 1 N–H and O–H groups in total. The van der Waals surface area contributed by atoms with Crippen LogP contribution in [-0.4, -0.2) is 22.1 Å². The molecule has 148 valence electrons. The minimum Gasteiger partial charge on any atom is -0.497 e. The van der Waals surface area contributed by atoms with Gasteiger partial charge in [0.05, 0.1) is 29.8 Å². The van der Waals surface area contributed by atoms with Crippen LogP contribution in [0.3, 0.4) is 0 Å². The molecule has 0 fully saturated rings. The van der Waals surface area contributed by atoms with E-state index in [9.17, 15) is 0 Å². The van der Waals surface area contributed by atoms with Gasteiger partial charge in [0.2, 0.25) is 0 Å². The van der Waals surface area contributed by atoms with Crippen LogP contribution in [0, 0.1) is 0 Å². The van der Waals surface area contributed by atoms with Gasteiger partial charge in [0.1, 0.15) is 16.6 Å². The quantitative estimate of drug-likeness (QED) is 0.369. The third-order valence-corrected chi connectivity index (χ3v) is 6.18. The van der Waals surface area contributed by atoms with Gasteiger partial charge >= 0.3 is 0 Å². The number of nitrogens with zero attached hydrogens (tertiary/aromatic N) is 2. The van der Waals surface area contributed by atoms with Gasteiger partial charge in [-0.2, -0.15) is 0 Å². The molecule has 5 rings (SSSR count). The number of thiazole rings is 1. The van der Waals surface area contributed by atoms with Crippen LogP contribution >= 0.6 is 11.3 Å². The zero-order valence-corrected chi connectivity index (χ0v) is 17.4. The van der Waals surface area contributed by atoms with Gasteiger partial charge in [0.15, 0.2) is 0 Å². The van der Waals surface area contributed by atoms with Crippen LogP contribution in [0.2, 0.25) is 0 Å². The second-order valence-corrected chi connectivity index (χ2v) is 8.07. The number of imidazole rings is 1. The third-order valence-electron chi connectivity index (χ3n) is 5.23. The highest BCUT2D eigenvalue weighted by Crippen LogP contribution is 2.33. The minimum absolute atomic E-state index is 0.0493. The van der Waals surface area contributed by atoms with E-state index in [0.717, 1.165) is 45.3 Å². The molecular formula is C25H21N3OS. The molecule has 30 heavy (non-hydrogen) atoms. The summed E-state index contributed by atoms with van der Waals surface area (Å²) in [6, 6.07) is 26.7. The molecule has 0 aliphatic carbocycles. The van der Waals surface area contributed by atoms with Crippen molar-refractivity contribution in [2.45, 2.75) is 12.3 Å². The van der Waals surface area contributed by atoms with Crippen LogP contribution in [0.1, 0.15) is 22.3 Å². The number of hydrogen-bond acceptors (Lipinski definition) is 4. The van der Waals surface area contributed by atoms with Crippen molar-refractivity contribution in [3.8, 4) is 17.0 Å². The molecule has 0 unspecified atom stereocenters. The lowest BCUT2D eigenvalue weighted by Crippen LogP contribution is -2.07. The maximum Gasteiger partial charge on any atom is 0.118 e. The monoisotopic (exact) mass is 411 g/mol. The number of para-hydroxylation sites is 2. The molecular weight excluding hydrogens is 390 g/mol. The molecule has 0 saturated heterocycles. The number of nitrogens with one attached hydrogen (secondary N) is 1. The largest absolute Gasteiger partial charge is 0.497 e. The van der Waals surface area contributed by atoms with Crippen molar-refractivity contribution in [1.29, 1.82) is 0 Å². The van der Waals surface area contributed by atoms with E-state index < -0.39 is 0 Å². The van der Waals surface area contributed by atoms with Crippen molar-refractivity contribution in [1.82, 2.24) is 15.0 Å². The van der Waals surface area contributed by atoms with Gasteiger partial charge in [-0.25, -0.2) is 9.97 Å². The van der Waals surface area contributed by atoms with Gasteiger partial charge in [0, 0.05) is 10.9 Å². The molecule has 3 aromatic carbocycles. The maximum absolute atomic E-state index is 5.31. The SMILES string of the molecule is COc1ccc(C[C@@H](c2nc3ccccc3[nH]2)c2nc(-c3ccccc3)cs2)cc1. The Kier molecular flexibility index (Phi) is 5.03. The summed E-state index contributed by atoms with van der Waals surface area (Å²) in [7, 11) is 1.69. The van der Waals surface area contributed by atoms with Crippen LogP contribution in [0.15, 0.2) is 84.2 Å². The summed E-state index contributed by atoms with van der Waals surface area (Å²) in [4.78, 5) is 13.4. The van der Waals surface area contributed by atoms with Crippen molar-refractivity contribution < 1.29 is 4.74 Å². The highest BCUT2D eigenvalue weighted by atomic mass is 32.1. The predicted molar refractivity (Wildman–Crippen MR) is 122 cm³/mol. The number of fused-ring (bicyclic) bond motifs is 1. The van der Waals surface area contributed by atoms with Crippen molar-refractivity contribution >= 4 is 22.4 Å². The average Bonchev–Trinajstić information content (AvgIpc) is 3.46. The van der Waals surface area contributed by atoms with E-state index in [1.165, 1.54) is 5.56 Å². The average molecular weight is 412 g/mol.